The van der Waals surface area contributed by atoms with Crippen molar-refractivity contribution in [2.24, 2.45) is 23.5 Å². The number of carbonyl (C=O) groups excluding carboxylic acids is 1. The fourth-order valence-electron chi connectivity index (χ4n) is 4.13. The molecule has 0 aromatic carbocycles. The monoisotopic (exact) mass is 383 g/mol. The van der Waals surface area contributed by atoms with Crippen LogP contribution in [-0.2, 0) is 11.3 Å². The second-order valence-electron chi connectivity index (χ2n) is 6.68. The number of rotatable bonds is 4. The Bertz CT molecular complexity index is 706. The van der Waals surface area contributed by atoms with Crippen LogP contribution in [0, 0.1) is 17.8 Å². The van der Waals surface area contributed by atoms with Gasteiger partial charge in [0.1, 0.15) is 0 Å². The van der Waals surface area contributed by atoms with Gasteiger partial charge in [0.05, 0.1) is 12.5 Å². The highest BCUT2D eigenvalue weighted by Crippen LogP contribution is 2.47. The topological polar surface area (TPSA) is 85.8 Å². The van der Waals surface area contributed by atoms with Crippen LogP contribution in [0.4, 0.5) is 5.82 Å². The molecule has 2 aromatic heterocycles. The maximum Gasteiger partial charge on any atom is 0.230 e. The summed E-state index contributed by atoms with van der Waals surface area (Å²) in [6.07, 6.45) is 8.81. The van der Waals surface area contributed by atoms with Gasteiger partial charge in [0, 0.05) is 30.7 Å². The molecule has 2 aliphatic carbocycles. The largest absolute Gasteiger partial charge is 0.327 e. The number of nitrogens with zero attached hydrogens (tertiary/aromatic N) is 3. The lowest BCUT2D eigenvalue weighted by Crippen LogP contribution is -2.42. The summed E-state index contributed by atoms with van der Waals surface area (Å²) in [6.45, 7) is 0.659. The van der Waals surface area contributed by atoms with Crippen LogP contribution in [0.25, 0.3) is 0 Å². The molecule has 4 atom stereocenters. The van der Waals surface area contributed by atoms with Crippen LogP contribution in [0.15, 0.2) is 36.8 Å². The number of amides is 1. The predicted octanol–water partition coefficient (Wildman–Crippen LogP) is 2.48. The molecule has 4 rings (SSSR count). The van der Waals surface area contributed by atoms with Gasteiger partial charge in [0.15, 0.2) is 5.82 Å². The summed E-state index contributed by atoms with van der Waals surface area (Å²) < 4.78 is 1.81. The zero-order valence-electron chi connectivity index (χ0n) is 13.7. The summed E-state index contributed by atoms with van der Waals surface area (Å²) in [6, 6.07) is 5.74. The molecule has 3 N–H and O–H groups in total. The molecular formula is C17H23Cl2N5O. The highest BCUT2D eigenvalue weighted by atomic mass is 35.5. The van der Waals surface area contributed by atoms with Gasteiger partial charge in [-0.05, 0) is 48.8 Å². The van der Waals surface area contributed by atoms with Crippen molar-refractivity contribution in [2.45, 2.75) is 31.8 Å². The highest BCUT2D eigenvalue weighted by Gasteiger charge is 2.49. The van der Waals surface area contributed by atoms with Gasteiger partial charge in [-0.1, -0.05) is 0 Å². The van der Waals surface area contributed by atoms with Crippen LogP contribution in [0.2, 0.25) is 0 Å². The van der Waals surface area contributed by atoms with Gasteiger partial charge >= 0.3 is 0 Å². The maximum atomic E-state index is 12.5. The quantitative estimate of drug-likeness (QED) is 0.848. The third-order valence-electron chi connectivity index (χ3n) is 5.27. The first-order valence-corrected chi connectivity index (χ1v) is 8.19. The average Bonchev–Trinajstić information content (AvgIpc) is 3.25. The van der Waals surface area contributed by atoms with E-state index in [1.165, 1.54) is 6.42 Å². The van der Waals surface area contributed by atoms with Gasteiger partial charge in [-0.3, -0.25) is 14.5 Å². The molecule has 2 bridgehead atoms. The summed E-state index contributed by atoms with van der Waals surface area (Å²) in [5.41, 5.74) is 7.36. The van der Waals surface area contributed by atoms with E-state index in [0.29, 0.717) is 24.2 Å². The lowest BCUT2D eigenvalue weighted by molar-refractivity contribution is -0.121. The van der Waals surface area contributed by atoms with Crippen LogP contribution < -0.4 is 11.1 Å². The number of aromatic nitrogens is 3. The fraction of sp³-hybridized carbons (Fsp3) is 0.471. The van der Waals surface area contributed by atoms with Crippen molar-refractivity contribution in [3.05, 3.63) is 42.4 Å². The van der Waals surface area contributed by atoms with Gasteiger partial charge in [-0.15, -0.1) is 24.8 Å². The van der Waals surface area contributed by atoms with E-state index in [-0.39, 0.29) is 42.7 Å². The number of hydrogen-bond donors (Lipinski definition) is 2. The molecule has 6 nitrogen and oxygen atoms in total. The van der Waals surface area contributed by atoms with Gasteiger partial charge in [-0.25, -0.2) is 0 Å². The third-order valence-corrected chi connectivity index (χ3v) is 5.27. The van der Waals surface area contributed by atoms with Crippen molar-refractivity contribution in [1.29, 1.82) is 0 Å². The van der Waals surface area contributed by atoms with E-state index >= 15 is 0 Å². The molecule has 2 fully saturated rings. The number of pyridine rings is 1. The normalized spacial score (nSPS) is 26.6. The first-order valence-electron chi connectivity index (χ1n) is 8.19. The number of anilines is 1. The summed E-state index contributed by atoms with van der Waals surface area (Å²) in [5, 5.41) is 7.37. The Labute approximate surface area is 159 Å². The molecular weight excluding hydrogens is 361 g/mol. The second-order valence-corrected chi connectivity index (χ2v) is 6.68. The molecule has 0 radical (unpaired) electrons. The summed E-state index contributed by atoms with van der Waals surface area (Å²) in [5.74, 6) is 1.55. The van der Waals surface area contributed by atoms with Crippen LogP contribution in [0.3, 0.4) is 0 Å². The van der Waals surface area contributed by atoms with Crippen LogP contribution in [0.1, 0.15) is 24.8 Å². The van der Waals surface area contributed by atoms with E-state index < -0.39 is 0 Å². The second kappa shape index (κ2) is 8.17. The minimum atomic E-state index is -0.0564. The Morgan fingerprint density at radius 3 is 2.60 bits per heavy atom. The minimum Gasteiger partial charge on any atom is -0.327 e. The Morgan fingerprint density at radius 1 is 1.20 bits per heavy atom. The van der Waals surface area contributed by atoms with Crippen molar-refractivity contribution in [2.75, 3.05) is 5.32 Å². The van der Waals surface area contributed by atoms with Crippen molar-refractivity contribution in [1.82, 2.24) is 14.8 Å². The van der Waals surface area contributed by atoms with Crippen molar-refractivity contribution >= 4 is 36.5 Å². The summed E-state index contributed by atoms with van der Waals surface area (Å²) in [7, 11) is 0. The smallest absolute Gasteiger partial charge is 0.230 e. The summed E-state index contributed by atoms with van der Waals surface area (Å²) >= 11 is 0. The van der Waals surface area contributed by atoms with Crippen molar-refractivity contribution in [3.63, 3.8) is 0 Å². The molecule has 1 amide bonds. The molecule has 0 spiro atoms. The maximum absolute atomic E-state index is 12.5. The van der Waals surface area contributed by atoms with Crippen LogP contribution in [-0.4, -0.2) is 26.7 Å². The number of carbonyl (C=O) groups is 1. The Morgan fingerprint density at radius 2 is 1.92 bits per heavy atom. The van der Waals surface area contributed by atoms with E-state index in [0.717, 1.165) is 18.4 Å². The lowest BCUT2D eigenvalue weighted by atomic mass is 9.84. The molecule has 4 unspecified atom stereocenters. The van der Waals surface area contributed by atoms with Gasteiger partial charge in [0.25, 0.3) is 0 Å². The molecule has 2 aromatic rings. The van der Waals surface area contributed by atoms with Crippen LogP contribution >= 0.6 is 24.8 Å². The molecule has 25 heavy (non-hydrogen) atoms. The number of nitrogens with one attached hydrogen (secondary N) is 1. The van der Waals surface area contributed by atoms with Gasteiger partial charge < -0.3 is 11.1 Å². The first kappa shape index (κ1) is 19.7. The highest BCUT2D eigenvalue weighted by molar-refractivity contribution is 5.92. The molecule has 8 heteroatoms. The van der Waals surface area contributed by atoms with Crippen molar-refractivity contribution in [3.8, 4) is 0 Å². The first-order chi connectivity index (χ1) is 11.2. The predicted molar refractivity (Wildman–Crippen MR) is 101 cm³/mol. The molecule has 2 heterocycles. The SMILES string of the molecule is Cl.Cl.NC1C2CCC(C2)C1C(=O)Nc1ccn(Cc2ccncc2)n1. The van der Waals surface area contributed by atoms with E-state index in [1.807, 2.05) is 29.1 Å². The standard InChI is InChI=1S/C17H21N5O.2ClH/c18-16-13-2-1-12(9-13)15(16)17(23)20-14-5-8-22(21-14)10-11-3-6-19-7-4-11;;/h3-8,12-13,15-16H,1-2,9-10,18H2,(H,20,21,23);2*1H. The molecule has 2 aliphatic rings. The van der Waals surface area contributed by atoms with E-state index in [9.17, 15) is 4.79 Å². The van der Waals surface area contributed by atoms with Crippen molar-refractivity contribution < 1.29 is 4.79 Å². The number of nitrogens with two attached hydrogens (primary N) is 1. The fourth-order valence-corrected chi connectivity index (χ4v) is 4.13. The Hall–Kier alpha value is -1.63. The third kappa shape index (κ3) is 3.97. The summed E-state index contributed by atoms with van der Waals surface area (Å²) in [4.78, 5) is 16.5. The lowest BCUT2D eigenvalue weighted by Gasteiger charge is -2.26. The Balaban J connectivity index is 0.00000113. The average molecular weight is 384 g/mol. The zero-order chi connectivity index (χ0) is 15.8. The molecule has 0 saturated heterocycles. The van der Waals surface area contributed by atoms with E-state index in [4.69, 9.17) is 5.73 Å². The van der Waals surface area contributed by atoms with E-state index in [1.54, 1.807) is 12.4 Å². The van der Waals surface area contributed by atoms with E-state index in [2.05, 4.69) is 15.4 Å². The Kier molecular flexibility index (Phi) is 6.43. The number of fused-ring (bicyclic) bond motifs is 2. The molecule has 0 aliphatic heterocycles. The van der Waals surface area contributed by atoms with Gasteiger partial charge in [-0.2, -0.15) is 5.10 Å². The van der Waals surface area contributed by atoms with Crippen LogP contribution in [0.5, 0.6) is 0 Å². The number of hydrogen-bond acceptors (Lipinski definition) is 4. The minimum absolute atomic E-state index is 0. The molecule has 2 saturated carbocycles. The van der Waals surface area contributed by atoms with Gasteiger partial charge in [0.2, 0.25) is 5.91 Å². The molecule has 136 valence electrons. The zero-order valence-corrected chi connectivity index (χ0v) is 15.4. The number of halogens is 2.